The van der Waals surface area contributed by atoms with Crippen molar-refractivity contribution in [2.45, 2.75) is 33.6 Å². The standard InChI is InChI=1S/C21H26N4O/c1-14-9-11-24(12-10-14)19-13-15(2)22-21-16(3)20(23-25(19)21)17-5-7-18(26-4)8-6-17/h5-8,13-14H,9-12H2,1-4H3. The lowest BCUT2D eigenvalue weighted by molar-refractivity contribution is 0.415. The van der Waals surface area contributed by atoms with Gasteiger partial charge in [-0.1, -0.05) is 6.92 Å². The van der Waals surface area contributed by atoms with E-state index in [-0.39, 0.29) is 0 Å². The topological polar surface area (TPSA) is 42.7 Å². The van der Waals surface area contributed by atoms with Gasteiger partial charge in [0.1, 0.15) is 11.6 Å². The molecule has 0 aliphatic carbocycles. The summed E-state index contributed by atoms with van der Waals surface area (Å²) in [7, 11) is 1.68. The minimum Gasteiger partial charge on any atom is -0.497 e. The summed E-state index contributed by atoms with van der Waals surface area (Å²) in [6.07, 6.45) is 2.46. The molecule has 0 N–H and O–H groups in total. The Morgan fingerprint density at radius 2 is 1.77 bits per heavy atom. The number of ether oxygens (including phenoxy) is 1. The van der Waals surface area contributed by atoms with Crippen LogP contribution < -0.4 is 9.64 Å². The molecule has 0 spiro atoms. The fourth-order valence-corrected chi connectivity index (χ4v) is 3.71. The predicted molar refractivity (Wildman–Crippen MR) is 105 cm³/mol. The molecular weight excluding hydrogens is 324 g/mol. The van der Waals surface area contributed by atoms with Crippen molar-refractivity contribution < 1.29 is 4.74 Å². The van der Waals surface area contributed by atoms with E-state index >= 15 is 0 Å². The Hall–Kier alpha value is -2.56. The number of methoxy groups -OCH3 is 1. The smallest absolute Gasteiger partial charge is 0.161 e. The number of anilines is 1. The molecule has 3 heterocycles. The van der Waals surface area contributed by atoms with Gasteiger partial charge >= 0.3 is 0 Å². The maximum atomic E-state index is 5.27. The molecule has 0 atom stereocenters. The molecular formula is C21H26N4O. The van der Waals surface area contributed by atoms with Gasteiger partial charge in [-0.15, -0.1) is 0 Å². The summed E-state index contributed by atoms with van der Waals surface area (Å²) in [6.45, 7) is 8.67. The molecule has 0 amide bonds. The van der Waals surface area contributed by atoms with Gasteiger partial charge in [-0.2, -0.15) is 9.61 Å². The van der Waals surface area contributed by atoms with E-state index < -0.39 is 0 Å². The lowest BCUT2D eigenvalue weighted by Gasteiger charge is -2.32. The van der Waals surface area contributed by atoms with Crippen LogP contribution in [0.1, 0.15) is 31.0 Å². The van der Waals surface area contributed by atoms with E-state index in [9.17, 15) is 0 Å². The number of hydrogen-bond acceptors (Lipinski definition) is 4. The number of aryl methyl sites for hydroxylation is 2. The summed E-state index contributed by atoms with van der Waals surface area (Å²) in [4.78, 5) is 7.22. The van der Waals surface area contributed by atoms with Gasteiger partial charge in [0.2, 0.25) is 0 Å². The Bertz CT molecular complexity index is 921. The van der Waals surface area contributed by atoms with Gasteiger partial charge in [0.25, 0.3) is 0 Å². The maximum Gasteiger partial charge on any atom is 0.161 e. The third-order valence-corrected chi connectivity index (χ3v) is 5.40. The summed E-state index contributed by atoms with van der Waals surface area (Å²) in [5.41, 5.74) is 5.17. The highest BCUT2D eigenvalue weighted by atomic mass is 16.5. The summed E-state index contributed by atoms with van der Waals surface area (Å²) in [6, 6.07) is 10.2. The molecule has 5 nitrogen and oxygen atoms in total. The van der Waals surface area contributed by atoms with E-state index in [0.29, 0.717) is 0 Å². The van der Waals surface area contributed by atoms with Crippen LogP contribution in [-0.4, -0.2) is 34.8 Å². The Morgan fingerprint density at radius 1 is 1.08 bits per heavy atom. The second kappa shape index (κ2) is 6.63. The zero-order chi connectivity index (χ0) is 18.3. The third kappa shape index (κ3) is 2.91. The highest BCUT2D eigenvalue weighted by Crippen LogP contribution is 2.30. The van der Waals surface area contributed by atoms with E-state index in [4.69, 9.17) is 14.8 Å². The summed E-state index contributed by atoms with van der Waals surface area (Å²) < 4.78 is 7.30. The van der Waals surface area contributed by atoms with E-state index in [0.717, 1.165) is 58.7 Å². The number of piperidine rings is 1. The monoisotopic (exact) mass is 350 g/mol. The Balaban J connectivity index is 1.81. The summed E-state index contributed by atoms with van der Waals surface area (Å²) in [5.74, 6) is 2.81. The zero-order valence-corrected chi connectivity index (χ0v) is 16.0. The van der Waals surface area contributed by atoms with Crippen LogP contribution in [-0.2, 0) is 0 Å². The lowest BCUT2D eigenvalue weighted by atomic mass is 9.99. The molecule has 136 valence electrons. The molecule has 4 rings (SSSR count). The first kappa shape index (κ1) is 16.9. The fraction of sp³-hybridized carbons (Fsp3) is 0.429. The first-order valence-corrected chi connectivity index (χ1v) is 9.33. The van der Waals surface area contributed by atoms with Crippen LogP contribution >= 0.6 is 0 Å². The van der Waals surface area contributed by atoms with Gasteiger partial charge in [-0.25, -0.2) is 4.98 Å². The largest absolute Gasteiger partial charge is 0.497 e. The lowest BCUT2D eigenvalue weighted by Crippen LogP contribution is -2.34. The van der Waals surface area contributed by atoms with Crippen LogP contribution in [0.2, 0.25) is 0 Å². The normalized spacial score (nSPS) is 15.6. The number of aromatic nitrogens is 3. The molecule has 0 saturated carbocycles. The molecule has 0 radical (unpaired) electrons. The van der Waals surface area contributed by atoms with Gasteiger partial charge in [0.15, 0.2) is 5.65 Å². The van der Waals surface area contributed by atoms with Crippen LogP contribution in [0.4, 0.5) is 5.82 Å². The molecule has 1 aromatic carbocycles. The Morgan fingerprint density at radius 3 is 2.42 bits per heavy atom. The van der Waals surface area contributed by atoms with Crippen molar-refractivity contribution in [2.75, 3.05) is 25.1 Å². The van der Waals surface area contributed by atoms with E-state index in [1.54, 1.807) is 7.11 Å². The summed E-state index contributed by atoms with van der Waals surface area (Å²) in [5, 5.41) is 4.94. The third-order valence-electron chi connectivity index (χ3n) is 5.40. The number of rotatable bonds is 3. The fourth-order valence-electron chi connectivity index (χ4n) is 3.71. The molecule has 3 aromatic rings. The van der Waals surface area contributed by atoms with Gasteiger partial charge in [-0.3, -0.25) is 0 Å². The van der Waals surface area contributed by atoms with Crippen molar-refractivity contribution in [3.05, 3.63) is 41.6 Å². The minimum atomic E-state index is 0.805. The van der Waals surface area contributed by atoms with E-state index in [1.807, 2.05) is 16.6 Å². The molecule has 0 bridgehead atoms. The Labute approximate surface area is 154 Å². The summed E-state index contributed by atoms with van der Waals surface area (Å²) >= 11 is 0. The Kier molecular flexibility index (Phi) is 4.31. The number of hydrogen-bond donors (Lipinski definition) is 0. The number of benzene rings is 1. The van der Waals surface area contributed by atoms with Crippen LogP contribution in [0.25, 0.3) is 16.9 Å². The number of nitrogens with zero attached hydrogens (tertiary/aromatic N) is 4. The van der Waals surface area contributed by atoms with Crippen molar-refractivity contribution in [3.8, 4) is 17.0 Å². The second-order valence-corrected chi connectivity index (χ2v) is 7.36. The highest BCUT2D eigenvalue weighted by molar-refractivity contribution is 5.72. The average molecular weight is 350 g/mol. The predicted octanol–water partition coefficient (Wildman–Crippen LogP) is 4.26. The van der Waals surface area contributed by atoms with Crippen LogP contribution in [0.3, 0.4) is 0 Å². The van der Waals surface area contributed by atoms with Gasteiger partial charge in [0, 0.05) is 36.0 Å². The molecule has 1 aliphatic heterocycles. The van der Waals surface area contributed by atoms with Crippen LogP contribution in [0, 0.1) is 19.8 Å². The molecule has 1 aliphatic rings. The SMILES string of the molecule is COc1ccc(-c2nn3c(N4CCC(C)CC4)cc(C)nc3c2C)cc1. The van der Waals surface area contributed by atoms with Gasteiger partial charge < -0.3 is 9.64 Å². The van der Waals surface area contributed by atoms with Gasteiger partial charge in [-0.05, 0) is 56.9 Å². The van der Waals surface area contributed by atoms with Crippen molar-refractivity contribution in [1.29, 1.82) is 0 Å². The molecule has 5 heteroatoms. The van der Waals surface area contributed by atoms with Crippen LogP contribution in [0.15, 0.2) is 30.3 Å². The number of fused-ring (bicyclic) bond motifs is 1. The molecule has 2 aromatic heterocycles. The van der Waals surface area contributed by atoms with Crippen molar-refractivity contribution in [1.82, 2.24) is 14.6 Å². The first-order chi connectivity index (χ1) is 12.6. The average Bonchev–Trinajstić information content (AvgIpc) is 2.99. The molecule has 1 saturated heterocycles. The first-order valence-electron chi connectivity index (χ1n) is 9.33. The van der Waals surface area contributed by atoms with Crippen molar-refractivity contribution in [2.24, 2.45) is 5.92 Å². The molecule has 26 heavy (non-hydrogen) atoms. The van der Waals surface area contributed by atoms with Crippen LogP contribution in [0.5, 0.6) is 5.75 Å². The van der Waals surface area contributed by atoms with Gasteiger partial charge in [0.05, 0.1) is 12.8 Å². The highest BCUT2D eigenvalue weighted by Gasteiger charge is 2.21. The van der Waals surface area contributed by atoms with Crippen molar-refractivity contribution >= 4 is 11.5 Å². The molecule has 0 unspecified atom stereocenters. The van der Waals surface area contributed by atoms with Crippen molar-refractivity contribution in [3.63, 3.8) is 0 Å². The minimum absolute atomic E-state index is 0.805. The maximum absolute atomic E-state index is 5.27. The zero-order valence-electron chi connectivity index (χ0n) is 16.0. The molecule has 1 fully saturated rings. The second-order valence-electron chi connectivity index (χ2n) is 7.36. The van der Waals surface area contributed by atoms with E-state index in [2.05, 4.69) is 43.9 Å². The van der Waals surface area contributed by atoms with E-state index in [1.165, 1.54) is 12.8 Å². The quantitative estimate of drug-likeness (QED) is 0.708.